The summed E-state index contributed by atoms with van der Waals surface area (Å²) in [4.78, 5) is 17.5. The SMILES string of the molecule is O=C(Nc1nc(-c2ccc(Oc3ccccc3)cc2)cs1)C1CCCN(S(=O)(=O)c2ccc(F)cc2)C1. The number of carbonyl (C=O) groups excluding carboxylic acids is 1. The molecule has 0 spiro atoms. The molecule has 1 saturated heterocycles. The number of benzene rings is 3. The highest BCUT2D eigenvalue weighted by molar-refractivity contribution is 7.89. The molecule has 5 rings (SSSR count). The second-order valence-corrected chi connectivity index (χ2v) is 11.4. The third-order valence-corrected chi connectivity index (χ3v) is 8.71. The lowest BCUT2D eigenvalue weighted by molar-refractivity contribution is -0.120. The number of amides is 1. The lowest BCUT2D eigenvalue weighted by Crippen LogP contribution is -2.43. The van der Waals surface area contributed by atoms with Gasteiger partial charge in [0.1, 0.15) is 17.3 Å². The average Bonchev–Trinajstić information content (AvgIpc) is 3.38. The molecule has 4 aromatic rings. The van der Waals surface area contributed by atoms with Crippen LogP contribution >= 0.6 is 11.3 Å². The molecule has 37 heavy (non-hydrogen) atoms. The summed E-state index contributed by atoms with van der Waals surface area (Å²) < 4.78 is 46.3. The molecule has 1 aliphatic heterocycles. The Balaban J connectivity index is 1.21. The fourth-order valence-corrected chi connectivity index (χ4v) is 6.37. The molecule has 1 fully saturated rings. The largest absolute Gasteiger partial charge is 0.457 e. The molecule has 1 unspecified atom stereocenters. The van der Waals surface area contributed by atoms with Crippen LogP contribution < -0.4 is 10.1 Å². The summed E-state index contributed by atoms with van der Waals surface area (Å²) in [5, 5.41) is 5.14. The lowest BCUT2D eigenvalue weighted by Gasteiger charge is -2.31. The second-order valence-electron chi connectivity index (χ2n) is 8.62. The van der Waals surface area contributed by atoms with Crippen LogP contribution in [0.2, 0.25) is 0 Å². The zero-order valence-electron chi connectivity index (χ0n) is 19.7. The van der Waals surface area contributed by atoms with Gasteiger partial charge in [-0.25, -0.2) is 17.8 Å². The normalized spacial score (nSPS) is 16.3. The molecule has 1 N–H and O–H groups in total. The summed E-state index contributed by atoms with van der Waals surface area (Å²) in [6.45, 7) is 0.377. The van der Waals surface area contributed by atoms with Gasteiger partial charge in [-0.2, -0.15) is 4.31 Å². The van der Waals surface area contributed by atoms with Gasteiger partial charge in [-0.05, 0) is 73.5 Å². The number of hydrogen-bond acceptors (Lipinski definition) is 6. The van der Waals surface area contributed by atoms with E-state index in [-0.39, 0.29) is 17.3 Å². The van der Waals surface area contributed by atoms with Crippen LogP contribution in [0, 0.1) is 11.7 Å². The topological polar surface area (TPSA) is 88.6 Å². The second kappa shape index (κ2) is 10.8. The van der Waals surface area contributed by atoms with Gasteiger partial charge in [-0.1, -0.05) is 18.2 Å². The van der Waals surface area contributed by atoms with Gasteiger partial charge in [0.05, 0.1) is 16.5 Å². The van der Waals surface area contributed by atoms with E-state index in [1.807, 2.05) is 60.0 Å². The third kappa shape index (κ3) is 5.87. The molecule has 10 heteroatoms. The Morgan fingerprint density at radius 2 is 1.70 bits per heavy atom. The van der Waals surface area contributed by atoms with E-state index in [0.29, 0.717) is 30.3 Å². The first kappa shape index (κ1) is 25.1. The fraction of sp³-hybridized carbons (Fsp3) is 0.185. The van der Waals surface area contributed by atoms with Crippen molar-refractivity contribution in [1.82, 2.24) is 9.29 Å². The zero-order chi connectivity index (χ0) is 25.8. The van der Waals surface area contributed by atoms with E-state index in [1.165, 1.54) is 27.8 Å². The number of nitrogens with zero attached hydrogens (tertiary/aromatic N) is 2. The monoisotopic (exact) mass is 537 g/mol. The van der Waals surface area contributed by atoms with Crippen LogP contribution in [0.5, 0.6) is 11.5 Å². The molecular weight excluding hydrogens is 513 g/mol. The molecule has 1 aliphatic rings. The van der Waals surface area contributed by atoms with Crippen molar-refractivity contribution in [3.63, 3.8) is 0 Å². The minimum atomic E-state index is -3.81. The smallest absolute Gasteiger partial charge is 0.243 e. The fourth-order valence-electron chi connectivity index (χ4n) is 4.12. The van der Waals surface area contributed by atoms with Gasteiger partial charge in [0.2, 0.25) is 15.9 Å². The highest BCUT2D eigenvalue weighted by Gasteiger charge is 2.33. The van der Waals surface area contributed by atoms with Crippen molar-refractivity contribution < 1.29 is 22.3 Å². The van der Waals surface area contributed by atoms with Crippen molar-refractivity contribution in [2.24, 2.45) is 5.92 Å². The van der Waals surface area contributed by atoms with Crippen molar-refractivity contribution in [3.05, 3.63) is 90.1 Å². The Kier molecular flexibility index (Phi) is 7.31. The Labute approximate surface area is 218 Å². The van der Waals surface area contributed by atoms with E-state index in [4.69, 9.17) is 4.74 Å². The van der Waals surface area contributed by atoms with Crippen molar-refractivity contribution >= 4 is 32.4 Å². The number of piperidine rings is 1. The molecule has 0 radical (unpaired) electrons. The van der Waals surface area contributed by atoms with Crippen LogP contribution in [0.3, 0.4) is 0 Å². The summed E-state index contributed by atoms with van der Waals surface area (Å²) in [6, 6.07) is 21.7. The van der Waals surface area contributed by atoms with E-state index in [2.05, 4.69) is 10.3 Å². The number of nitrogens with one attached hydrogen (secondary N) is 1. The molecule has 1 atom stereocenters. The molecule has 7 nitrogen and oxygen atoms in total. The van der Waals surface area contributed by atoms with Crippen LogP contribution in [-0.4, -0.2) is 36.7 Å². The Bertz CT molecular complexity index is 1470. The van der Waals surface area contributed by atoms with Crippen LogP contribution in [0.4, 0.5) is 9.52 Å². The summed E-state index contributed by atoms with van der Waals surface area (Å²) in [5.41, 5.74) is 1.60. The van der Waals surface area contributed by atoms with Crippen molar-refractivity contribution in [1.29, 1.82) is 0 Å². The summed E-state index contributed by atoms with van der Waals surface area (Å²) in [7, 11) is -3.81. The third-order valence-electron chi connectivity index (χ3n) is 6.07. The standard InChI is InChI=1S/C27H24FN3O4S2/c28-21-10-14-24(15-11-21)37(33,34)31-16-4-5-20(17-31)26(32)30-27-29-25(18-36-27)19-8-12-23(13-9-19)35-22-6-2-1-3-7-22/h1-3,6-15,18,20H,4-5,16-17H2,(H,29,30,32). The molecule has 0 saturated carbocycles. The lowest BCUT2D eigenvalue weighted by atomic mass is 9.99. The van der Waals surface area contributed by atoms with E-state index in [1.54, 1.807) is 0 Å². The minimum Gasteiger partial charge on any atom is -0.457 e. The van der Waals surface area contributed by atoms with E-state index in [0.717, 1.165) is 29.1 Å². The van der Waals surface area contributed by atoms with Crippen molar-refractivity contribution in [3.8, 4) is 22.8 Å². The number of halogens is 1. The Morgan fingerprint density at radius 1 is 1.00 bits per heavy atom. The molecule has 1 aromatic heterocycles. The number of thiazole rings is 1. The minimum absolute atomic E-state index is 0.0136. The van der Waals surface area contributed by atoms with E-state index in [9.17, 15) is 17.6 Å². The highest BCUT2D eigenvalue weighted by Crippen LogP contribution is 2.30. The van der Waals surface area contributed by atoms with E-state index < -0.39 is 21.8 Å². The predicted molar refractivity (Wildman–Crippen MR) is 141 cm³/mol. The maximum atomic E-state index is 13.2. The van der Waals surface area contributed by atoms with Gasteiger partial charge in [-0.15, -0.1) is 11.3 Å². The molecule has 3 aromatic carbocycles. The number of aromatic nitrogens is 1. The van der Waals surface area contributed by atoms with Crippen LogP contribution in [0.15, 0.2) is 89.1 Å². The number of sulfonamides is 1. The van der Waals surface area contributed by atoms with Gasteiger partial charge >= 0.3 is 0 Å². The van der Waals surface area contributed by atoms with Crippen LogP contribution in [0.25, 0.3) is 11.3 Å². The predicted octanol–water partition coefficient (Wildman–Crippen LogP) is 5.78. The van der Waals surface area contributed by atoms with Gasteiger partial charge < -0.3 is 10.1 Å². The first-order valence-corrected chi connectivity index (χ1v) is 14.1. The Morgan fingerprint density at radius 3 is 2.43 bits per heavy atom. The van der Waals surface area contributed by atoms with Crippen LogP contribution in [0.1, 0.15) is 12.8 Å². The van der Waals surface area contributed by atoms with Crippen molar-refractivity contribution in [2.75, 3.05) is 18.4 Å². The molecule has 0 aliphatic carbocycles. The van der Waals surface area contributed by atoms with Gasteiger partial charge in [0, 0.05) is 24.0 Å². The quantitative estimate of drug-likeness (QED) is 0.323. The molecule has 1 amide bonds. The molecular formula is C27H24FN3O4S2. The summed E-state index contributed by atoms with van der Waals surface area (Å²) >= 11 is 1.31. The maximum absolute atomic E-state index is 13.2. The van der Waals surface area contributed by atoms with Gasteiger partial charge in [0.25, 0.3) is 0 Å². The average molecular weight is 538 g/mol. The summed E-state index contributed by atoms with van der Waals surface area (Å²) in [5.74, 6) is 0.170. The maximum Gasteiger partial charge on any atom is 0.243 e. The highest BCUT2D eigenvalue weighted by atomic mass is 32.2. The van der Waals surface area contributed by atoms with E-state index >= 15 is 0 Å². The zero-order valence-corrected chi connectivity index (χ0v) is 21.3. The summed E-state index contributed by atoms with van der Waals surface area (Å²) in [6.07, 6.45) is 1.13. The molecule has 2 heterocycles. The number of hydrogen-bond donors (Lipinski definition) is 1. The first-order valence-electron chi connectivity index (χ1n) is 11.7. The first-order chi connectivity index (χ1) is 17.9. The molecule has 190 valence electrons. The number of rotatable bonds is 7. The number of anilines is 1. The van der Waals surface area contributed by atoms with Crippen molar-refractivity contribution in [2.45, 2.75) is 17.7 Å². The number of carbonyl (C=O) groups is 1. The van der Waals surface area contributed by atoms with Gasteiger partial charge in [0.15, 0.2) is 5.13 Å². The Hall–Kier alpha value is -3.60. The molecule has 0 bridgehead atoms. The van der Waals surface area contributed by atoms with Gasteiger partial charge in [-0.3, -0.25) is 4.79 Å². The number of para-hydroxylation sites is 1. The number of ether oxygens (including phenoxy) is 1. The van der Waals surface area contributed by atoms with Crippen LogP contribution in [-0.2, 0) is 14.8 Å².